The minimum Gasteiger partial charge on any atom is -0.341 e. The summed E-state index contributed by atoms with van der Waals surface area (Å²) >= 11 is 0. The van der Waals surface area contributed by atoms with Crippen molar-refractivity contribution >= 4 is 23.3 Å². The van der Waals surface area contributed by atoms with E-state index >= 15 is 0 Å². The maximum absolute atomic E-state index is 11.9. The molecule has 0 saturated heterocycles. The van der Waals surface area contributed by atoms with Gasteiger partial charge in [-0.1, -0.05) is 20.3 Å². The van der Waals surface area contributed by atoms with Gasteiger partial charge in [-0.15, -0.1) is 0 Å². The average molecular weight is 278 g/mol. The molecular weight excluding hydrogens is 256 g/mol. The lowest BCUT2D eigenvalue weighted by atomic mass is 9.99. The van der Waals surface area contributed by atoms with Gasteiger partial charge in [0, 0.05) is 18.4 Å². The van der Waals surface area contributed by atoms with Gasteiger partial charge in [0.25, 0.3) is 0 Å². The summed E-state index contributed by atoms with van der Waals surface area (Å²) in [5, 5.41) is 7.85. The third-order valence-corrected chi connectivity index (χ3v) is 3.20. The summed E-state index contributed by atoms with van der Waals surface area (Å²) in [5.74, 6) is -0.0736. The first-order valence-corrected chi connectivity index (χ1v) is 6.63. The second kappa shape index (κ2) is 7.49. The lowest BCUT2D eigenvalue weighted by Crippen LogP contribution is -2.40. The van der Waals surface area contributed by atoms with Crippen LogP contribution in [0.1, 0.15) is 20.3 Å². The molecule has 0 heterocycles. The third kappa shape index (κ3) is 4.55. The molecule has 1 rings (SSSR count). The molecule has 5 N–H and O–H groups in total. The fraction of sp³-hybridized carbons (Fsp3) is 0.429. The van der Waals surface area contributed by atoms with Crippen molar-refractivity contribution in [3.8, 4) is 0 Å². The van der Waals surface area contributed by atoms with Crippen LogP contribution in [-0.2, 0) is 4.79 Å². The lowest BCUT2D eigenvalue weighted by Gasteiger charge is -2.17. The van der Waals surface area contributed by atoms with E-state index in [4.69, 9.17) is 5.73 Å². The number of nitrogens with one attached hydrogen (secondary N) is 3. The number of nitrogens with two attached hydrogens (primary N) is 1. The van der Waals surface area contributed by atoms with Crippen LogP contribution in [0.4, 0.5) is 16.2 Å². The summed E-state index contributed by atoms with van der Waals surface area (Å²) in [4.78, 5) is 23.0. The first-order chi connectivity index (χ1) is 9.47. The number of urea groups is 1. The molecule has 1 aromatic rings. The highest BCUT2D eigenvalue weighted by Gasteiger charge is 2.19. The van der Waals surface area contributed by atoms with E-state index in [2.05, 4.69) is 16.0 Å². The van der Waals surface area contributed by atoms with E-state index in [1.54, 1.807) is 31.3 Å². The van der Waals surface area contributed by atoms with E-state index in [9.17, 15) is 9.59 Å². The largest absolute Gasteiger partial charge is 0.341 e. The Hall–Kier alpha value is -2.08. The number of carbonyl (C=O) groups is 2. The van der Waals surface area contributed by atoms with Crippen LogP contribution in [0.3, 0.4) is 0 Å². The molecule has 0 aliphatic carbocycles. The number of anilines is 2. The Morgan fingerprint density at radius 1 is 1.15 bits per heavy atom. The Kier molecular flexibility index (Phi) is 5.99. The second-order valence-electron chi connectivity index (χ2n) is 4.68. The topological polar surface area (TPSA) is 96.2 Å². The Balaban J connectivity index is 2.61. The Bertz CT molecular complexity index is 459. The number of carbonyl (C=O) groups excluding carboxylic acids is 2. The maximum Gasteiger partial charge on any atom is 0.318 e. The average Bonchev–Trinajstić information content (AvgIpc) is 2.47. The molecule has 0 radical (unpaired) electrons. The van der Waals surface area contributed by atoms with Gasteiger partial charge < -0.3 is 21.7 Å². The van der Waals surface area contributed by atoms with Crippen LogP contribution in [0.5, 0.6) is 0 Å². The smallest absolute Gasteiger partial charge is 0.318 e. The highest BCUT2D eigenvalue weighted by Crippen LogP contribution is 2.15. The summed E-state index contributed by atoms with van der Waals surface area (Å²) in [6.07, 6.45) is 0.851. The molecule has 2 unspecified atom stereocenters. The van der Waals surface area contributed by atoms with Crippen LogP contribution in [0.15, 0.2) is 24.3 Å². The summed E-state index contributed by atoms with van der Waals surface area (Å²) in [6, 6.07) is 6.03. The second-order valence-corrected chi connectivity index (χ2v) is 4.68. The minimum absolute atomic E-state index is 0.129. The van der Waals surface area contributed by atoms with Crippen LogP contribution < -0.4 is 21.7 Å². The number of benzene rings is 1. The number of hydrogen-bond acceptors (Lipinski definition) is 3. The van der Waals surface area contributed by atoms with Gasteiger partial charge in [0.05, 0.1) is 6.04 Å². The number of rotatable bonds is 5. The molecule has 20 heavy (non-hydrogen) atoms. The van der Waals surface area contributed by atoms with E-state index in [0.717, 1.165) is 6.42 Å². The van der Waals surface area contributed by atoms with Gasteiger partial charge in [-0.05, 0) is 30.2 Å². The molecule has 6 heteroatoms. The molecule has 6 nitrogen and oxygen atoms in total. The molecule has 0 aliphatic rings. The van der Waals surface area contributed by atoms with Crippen LogP contribution in [-0.4, -0.2) is 25.0 Å². The van der Waals surface area contributed by atoms with Crippen LogP contribution in [0.2, 0.25) is 0 Å². The first kappa shape index (κ1) is 16.0. The fourth-order valence-electron chi connectivity index (χ4n) is 1.57. The molecule has 0 fully saturated rings. The Labute approximate surface area is 119 Å². The zero-order chi connectivity index (χ0) is 15.1. The van der Waals surface area contributed by atoms with E-state index in [0.29, 0.717) is 11.4 Å². The van der Waals surface area contributed by atoms with Crippen molar-refractivity contribution in [2.45, 2.75) is 26.3 Å². The maximum atomic E-state index is 11.9. The molecule has 3 amide bonds. The van der Waals surface area contributed by atoms with Crippen molar-refractivity contribution in [2.24, 2.45) is 11.7 Å². The predicted molar refractivity (Wildman–Crippen MR) is 80.6 cm³/mol. The normalized spacial score (nSPS) is 13.2. The van der Waals surface area contributed by atoms with Gasteiger partial charge in [-0.2, -0.15) is 0 Å². The molecule has 0 aliphatic heterocycles. The van der Waals surface area contributed by atoms with Gasteiger partial charge >= 0.3 is 6.03 Å². The van der Waals surface area contributed by atoms with Crippen molar-refractivity contribution in [3.05, 3.63) is 24.3 Å². The molecule has 0 bridgehead atoms. The van der Waals surface area contributed by atoms with Gasteiger partial charge in [0.2, 0.25) is 5.91 Å². The highest BCUT2D eigenvalue weighted by molar-refractivity contribution is 5.95. The van der Waals surface area contributed by atoms with Gasteiger partial charge in [-0.3, -0.25) is 4.79 Å². The summed E-state index contributed by atoms with van der Waals surface area (Å²) in [5.41, 5.74) is 7.15. The van der Waals surface area contributed by atoms with E-state index in [-0.39, 0.29) is 17.9 Å². The van der Waals surface area contributed by atoms with Gasteiger partial charge in [0.1, 0.15) is 0 Å². The molecule has 0 saturated carbocycles. The third-order valence-electron chi connectivity index (χ3n) is 3.20. The molecule has 1 aromatic carbocycles. The Morgan fingerprint density at radius 3 is 2.10 bits per heavy atom. The van der Waals surface area contributed by atoms with Crippen molar-refractivity contribution in [3.63, 3.8) is 0 Å². The quantitative estimate of drug-likeness (QED) is 0.660. The standard InChI is InChI=1S/C14H22N4O2/c1-4-9(2)12(15)13(19)17-10-5-7-11(8-6-10)18-14(20)16-3/h5-9,12H,4,15H2,1-3H3,(H,17,19)(H2,16,18,20). The lowest BCUT2D eigenvalue weighted by molar-refractivity contribution is -0.118. The summed E-state index contributed by atoms with van der Waals surface area (Å²) in [6.45, 7) is 3.94. The van der Waals surface area contributed by atoms with Crippen molar-refractivity contribution < 1.29 is 9.59 Å². The summed E-state index contributed by atoms with van der Waals surface area (Å²) < 4.78 is 0. The van der Waals surface area contributed by atoms with Crippen molar-refractivity contribution in [2.75, 3.05) is 17.7 Å². The van der Waals surface area contributed by atoms with E-state index < -0.39 is 6.04 Å². The van der Waals surface area contributed by atoms with Crippen molar-refractivity contribution in [1.82, 2.24) is 5.32 Å². The molecule has 2 atom stereocenters. The van der Waals surface area contributed by atoms with Crippen LogP contribution in [0.25, 0.3) is 0 Å². The van der Waals surface area contributed by atoms with Gasteiger partial charge in [0.15, 0.2) is 0 Å². The van der Waals surface area contributed by atoms with Crippen LogP contribution in [0, 0.1) is 5.92 Å². The van der Waals surface area contributed by atoms with E-state index in [1.807, 2.05) is 13.8 Å². The van der Waals surface area contributed by atoms with Gasteiger partial charge in [-0.25, -0.2) is 4.79 Å². The monoisotopic (exact) mass is 278 g/mol. The minimum atomic E-state index is -0.524. The number of hydrogen-bond donors (Lipinski definition) is 4. The predicted octanol–water partition coefficient (Wildman–Crippen LogP) is 1.75. The number of amides is 3. The Morgan fingerprint density at radius 2 is 1.65 bits per heavy atom. The van der Waals surface area contributed by atoms with E-state index in [1.165, 1.54) is 0 Å². The zero-order valence-electron chi connectivity index (χ0n) is 12.1. The molecular formula is C14H22N4O2. The molecule has 110 valence electrons. The highest BCUT2D eigenvalue weighted by atomic mass is 16.2. The molecule has 0 aromatic heterocycles. The fourth-order valence-corrected chi connectivity index (χ4v) is 1.57. The summed E-state index contributed by atoms with van der Waals surface area (Å²) in [7, 11) is 1.54. The zero-order valence-corrected chi connectivity index (χ0v) is 12.1. The van der Waals surface area contributed by atoms with Crippen LogP contribution >= 0.6 is 0 Å². The SMILES string of the molecule is CCC(C)C(N)C(=O)Nc1ccc(NC(=O)NC)cc1. The molecule has 0 spiro atoms. The van der Waals surface area contributed by atoms with Crippen molar-refractivity contribution in [1.29, 1.82) is 0 Å². The first-order valence-electron chi connectivity index (χ1n) is 6.63.